The lowest BCUT2D eigenvalue weighted by Gasteiger charge is -2.18. The summed E-state index contributed by atoms with van der Waals surface area (Å²) in [7, 11) is -4.11. The fourth-order valence-electron chi connectivity index (χ4n) is 2.85. The molecule has 32 heavy (non-hydrogen) atoms. The van der Waals surface area contributed by atoms with Gasteiger partial charge in [-0.3, -0.25) is 4.79 Å². The molecule has 0 heterocycles. The van der Waals surface area contributed by atoms with E-state index in [9.17, 15) is 30.8 Å². The van der Waals surface area contributed by atoms with E-state index in [0.29, 0.717) is 6.07 Å². The Morgan fingerprint density at radius 3 is 2.28 bits per heavy atom. The van der Waals surface area contributed by atoms with Gasteiger partial charge < -0.3 is 10.1 Å². The summed E-state index contributed by atoms with van der Waals surface area (Å²) in [6.07, 6.45) is -4.91. The third-order valence-electron chi connectivity index (χ3n) is 4.42. The van der Waals surface area contributed by atoms with E-state index in [2.05, 4.69) is 5.32 Å². The first-order valence-electron chi connectivity index (χ1n) is 8.95. The highest BCUT2D eigenvalue weighted by molar-refractivity contribution is 7.89. The lowest BCUT2D eigenvalue weighted by atomic mass is 10.0. The van der Waals surface area contributed by atoms with Gasteiger partial charge >= 0.3 is 6.18 Å². The quantitative estimate of drug-likeness (QED) is 0.524. The molecule has 0 bridgehead atoms. The zero-order valence-electron chi connectivity index (χ0n) is 16.4. The Labute approximate surface area is 180 Å². The average molecular weight is 468 g/mol. The number of carbonyl (C=O) groups excluding carboxylic acids is 1. The number of halogens is 4. The Morgan fingerprint density at radius 2 is 1.62 bits per heavy atom. The van der Waals surface area contributed by atoms with Crippen molar-refractivity contribution in [2.24, 2.45) is 5.14 Å². The van der Waals surface area contributed by atoms with Crippen LogP contribution >= 0.6 is 0 Å². The highest BCUT2D eigenvalue weighted by atomic mass is 32.2. The SMILES string of the molecule is Cc1c(F)cccc1Oc1cccc(C(F)(F)F)c1C(=O)Nc1cccc(S(N)(=O)=O)c1. The van der Waals surface area contributed by atoms with Crippen LogP contribution in [0.2, 0.25) is 0 Å². The molecule has 0 aliphatic carbocycles. The largest absolute Gasteiger partial charge is 0.456 e. The number of amides is 1. The maximum Gasteiger partial charge on any atom is 0.417 e. The van der Waals surface area contributed by atoms with Crippen LogP contribution in [-0.2, 0) is 16.2 Å². The summed E-state index contributed by atoms with van der Waals surface area (Å²) in [5.74, 6) is -2.39. The van der Waals surface area contributed by atoms with E-state index in [0.717, 1.165) is 30.3 Å². The lowest BCUT2D eigenvalue weighted by molar-refractivity contribution is -0.138. The molecule has 168 valence electrons. The predicted octanol–water partition coefficient (Wildman–Crippen LogP) is 4.84. The van der Waals surface area contributed by atoms with Gasteiger partial charge in [0.2, 0.25) is 10.0 Å². The predicted molar refractivity (Wildman–Crippen MR) is 108 cm³/mol. The van der Waals surface area contributed by atoms with Crippen molar-refractivity contribution in [3.8, 4) is 11.5 Å². The fraction of sp³-hybridized carbons (Fsp3) is 0.0952. The van der Waals surface area contributed by atoms with Crippen LogP contribution in [0.5, 0.6) is 11.5 Å². The Bertz CT molecular complexity index is 1290. The standard InChI is InChI=1S/C21H16F4N2O4S/c1-12-16(22)8-4-9-17(12)31-18-10-3-7-15(21(23,24)25)19(18)20(28)27-13-5-2-6-14(11-13)32(26,29)30/h2-11H,1H3,(H,27,28)(H2,26,29,30). The summed E-state index contributed by atoms with van der Waals surface area (Å²) in [5, 5.41) is 7.27. The molecule has 0 unspecified atom stereocenters. The molecular formula is C21H16F4N2O4S. The van der Waals surface area contributed by atoms with Gasteiger partial charge in [-0.25, -0.2) is 17.9 Å². The second kappa shape index (κ2) is 8.60. The average Bonchev–Trinajstić information content (AvgIpc) is 2.70. The van der Waals surface area contributed by atoms with E-state index >= 15 is 0 Å². The topological polar surface area (TPSA) is 98.5 Å². The fourth-order valence-corrected chi connectivity index (χ4v) is 3.41. The first-order valence-corrected chi connectivity index (χ1v) is 10.5. The number of ether oxygens (including phenoxy) is 1. The van der Waals surface area contributed by atoms with Gasteiger partial charge in [-0.1, -0.05) is 18.2 Å². The number of nitrogens with one attached hydrogen (secondary N) is 1. The van der Waals surface area contributed by atoms with E-state index in [1.165, 1.54) is 31.2 Å². The van der Waals surface area contributed by atoms with E-state index in [1.807, 2.05) is 0 Å². The Balaban J connectivity index is 2.07. The van der Waals surface area contributed by atoms with E-state index in [4.69, 9.17) is 9.88 Å². The molecule has 3 N–H and O–H groups in total. The molecule has 0 saturated carbocycles. The van der Waals surface area contributed by atoms with Gasteiger partial charge in [0.1, 0.15) is 17.3 Å². The van der Waals surface area contributed by atoms with Gasteiger partial charge in [0.05, 0.1) is 16.0 Å². The smallest absolute Gasteiger partial charge is 0.417 e. The maximum absolute atomic E-state index is 13.8. The van der Waals surface area contributed by atoms with Crippen LogP contribution in [0.1, 0.15) is 21.5 Å². The third kappa shape index (κ3) is 5.06. The van der Waals surface area contributed by atoms with Gasteiger partial charge in [0.25, 0.3) is 5.91 Å². The van der Waals surface area contributed by atoms with Crippen LogP contribution in [0.4, 0.5) is 23.2 Å². The molecule has 0 fully saturated rings. The van der Waals surface area contributed by atoms with Gasteiger partial charge in [-0.15, -0.1) is 0 Å². The molecule has 0 radical (unpaired) electrons. The number of carbonyl (C=O) groups is 1. The summed E-state index contributed by atoms with van der Waals surface area (Å²) >= 11 is 0. The Morgan fingerprint density at radius 1 is 1.00 bits per heavy atom. The zero-order valence-corrected chi connectivity index (χ0v) is 17.2. The number of hydrogen-bond acceptors (Lipinski definition) is 4. The Hall–Kier alpha value is -3.44. The van der Waals surface area contributed by atoms with Crippen molar-refractivity contribution >= 4 is 21.6 Å². The van der Waals surface area contributed by atoms with Gasteiger partial charge in [-0.05, 0) is 49.4 Å². The molecule has 0 aromatic heterocycles. The number of benzene rings is 3. The summed E-state index contributed by atoms with van der Waals surface area (Å²) in [6, 6.07) is 11.4. The second-order valence-electron chi connectivity index (χ2n) is 6.67. The minimum atomic E-state index is -4.91. The third-order valence-corrected chi connectivity index (χ3v) is 5.33. The van der Waals surface area contributed by atoms with Crippen molar-refractivity contribution in [3.05, 3.63) is 83.2 Å². The highest BCUT2D eigenvalue weighted by Crippen LogP contribution is 2.38. The van der Waals surface area contributed by atoms with Crippen LogP contribution < -0.4 is 15.2 Å². The normalized spacial score (nSPS) is 11.8. The maximum atomic E-state index is 13.8. The molecule has 0 saturated heterocycles. The first kappa shape index (κ1) is 23.2. The van der Waals surface area contributed by atoms with Crippen molar-refractivity contribution in [2.75, 3.05) is 5.32 Å². The molecule has 0 aliphatic rings. The van der Waals surface area contributed by atoms with Crippen molar-refractivity contribution < 1.29 is 35.5 Å². The van der Waals surface area contributed by atoms with Crippen molar-refractivity contribution in [2.45, 2.75) is 18.0 Å². The Kier molecular flexibility index (Phi) is 6.24. The summed E-state index contributed by atoms with van der Waals surface area (Å²) in [4.78, 5) is 12.5. The molecule has 3 aromatic carbocycles. The number of anilines is 1. The van der Waals surface area contributed by atoms with Crippen LogP contribution in [-0.4, -0.2) is 14.3 Å². The molecule has 0 atom stereocenters. The van der Waals surface area contributed by atoms with E-state index in [-0.39, 0.29) is 21.9 Å². The van der Waals surface area contributed by atoms with Gasteiger partial charge in [0, 0.05) is 11.3 Å². The summed E-state index contributed by atoms with van der Waals surface area (Å²) in [6.45, 7) is 1.37. The van der Waals surface area contributed by atoms with Crippen LogP contribution in [0.3, 0.4) is 0 Å². The lowest BCUT2D eigenvalue weighted by Crippen LogP contribution is -2.20. The second-order valence-corrected chi connectivity index (χ2v) is 8.23. The van der Waals surface area contributed by atoms with Gasteiger partial charge in [-0.2, -0.15) is 13.2 Å². The van der Waals surface area contributed by atoms with E-state index in [1.54, 1.807) is 0 Å². The molecule has 6 nitrogen and oxygen atoms in total. The minimum absolute atomic E-state index is 0.0390. The molecule has 3 aromatic rings. The highest BCUT2D eigenvalue weighted by Gasteiger charge is 2.37. The summed E-state index contributed by atoms with van der Waals surface area (Å²) < 4.78 is 83.2. The number of sulfonamides is 1. The van der Waals surface area contributed by atoms with Crippen LogP contribution in [0.25, 0.3) is 0 Å². The minimum Gasteiger partial charge on any atom is -0.456 e. The molecular weight excluding hydrogens is 452 g/mol. The van der Waals surface area contributed by atoms with Crippen LogP contribution in [0.15, 0.2) is 65.6 Å². The zero-order chi connectivity index (χ0) is 23.7. The number of hydrogen-bond donors (Lipinski definition) is 2. The van der Waals surface area contributed by atoms with Gasteiger partial charge in [0.15, 0.2) is 0 Å². The number of primary sulfonamides is 1. The monoisotopic (exact) mass is 468 g/mol. The van der Waals surface area contributed by atoms with Crippen molar-refractivity contribution in [1.82, 2.24) is 0 Å². The molecule has 3 rings (SSSR count). The van der Waals surface area contributed by atoms with Crippen LogP contribution in [0, 0.1) is 12.7 Å². The summed E-state index contributed by atoms with van der Waals surface area (Å²) in [5.41, 5.74) is -2.21. The molecule has 0 spiro atoms. The molecule has 1 amide bonds. The van der Waals surface area contributed by atoms with Crippen molar-refractivity contribution in [3.63, 3.8) is 0 Å². The first-order chi connectivity index (χ1) is 14.9. The molecule has 0 aliphatic heterocycles. The number of nitrogens with two attached hydrogens (primary N) is 1. The number of rotatable bonds is 5. The number of alkyl halides is 3. The molecule has 11 heteroatoms. The van der Waals surface area contributed by atoms with Crippen molar-refractivity contribution in [1.29, 1.82) is 0 Å². The van der Waals surface area contributed by atoms with E-state index < -0.39 is 44.8 Å².